The molecule has 0 saturated carbocycles. The highest BCUT2D eigenvalue weighted by atomic mass is 35.5. The summed E-state index contributed by atoms with van der Waals surface area (Å²) < 4.78 is 11.4. The van der Waals surface area contributed by atoms with Crippen LogP contribution in [0, 0.1) is 0 Å². The van der Waals surface area contributed by atoms with Crippen molar-refractivity contribution < 1.29 is 14.3 Å². The molecule has 4 N–H and O–H groups in total. The number of anilines is 2. The summed E-state index contributed by atoms with van der Waals surface area (Å²) in [6, 6.07) is 7.41. The Bertz CT molecular complexity index is 2450. The molecule has 0 bridgehead atoms. The van der Waals surface area contributed by atoms with Crippen LogP contribution in [-0.2, 0) is 17.7 Å². The van der Waals surface area contributed by atoms with Crippen molar-refractivity contribution in [2.24, 2.45) is 0 Å². The number of nitrogens with zero attached hydrogens (tertiary/aromatic N) is 5. The number of rotatable bonds is 7. The number of hydroxylamine groups is 2. The van der Waals surface area contributed by atoms with Gasteiger partial charge in [0.1, 0.15) is 21.2 Å². The Balaban J connectivity index is 0.000000162. The van der Waals surface area contributed by atoms with Gasteiger partial charge in [-0.15, -0.1) is 22.7 Å². The largest absolute Gasteiger partial charge is 0.491 e. The second kappa shape index (κ2) is 14.5. The molecule has 0 aliphatic carbocycles. The lowest BCUT2D eigenvalue weighted by Gasteiger charge is -2.16. The van der Waals surface area contributed by atoms with Crippen LogP contribution in [0.15, 0.2) is 37.4 Å². The van der Waals surface area contributed by atoms with E-state index in [2.05, 4.69) is 46.1 Å². The van der Waals surface area contributed by atoms with Gasteiger partial charge in [-0.3, -0.25) is 9.90 Å². The summed E-state index contributed by atoms with van der Waals surface area (Å²) in [6.45, 7) is 11.4. The molecule has 0 spiro atoms. The first-order valence-electron chi connectivity index (χ1n) is 16.0. The standard InChI is InChI=1S/C18H16Cl2N4O2S.C18H15Cl2N3OS/c1-8(24(2)25-3)13-6-10-15(22-18(21)23-17(10)27-13)14-9-4-5-26-16(9)12(20)7-11(14)19;1-3-8(2)13-6-10-15(22-18(21)23-17(10)25-13)14-9-4-5-24-16(9)12(20)7-11(14)19/h6-7H,1,4-5H2,2-3H3,(H2,21,22,23);6-7H,2-5H2,1H3,(H2,21,22,23). The van der Waals surface area contributed by atoms with Crippen LogP contribution in [0.2, 0.25) is 20.1 Å². The fourth-order valence-corrected chi connectivity index (χ4v) is 9.53. The van der Waals surface area contributed by atoms with Crippen molar-refractivity contribution in [3.63, 3.8) is 0 Å². The molecule has 0 atom stereocenters. The molecule has 16 heteroatoms. The zero-order chi connectivity index (χ0) is 37.0. The van der Waals surface area contributed by atoms with Crippen LogP contribution in [-0.4, -0.2) is 52.4 Å². The van der Waals surface area contributed by atoms with Crippen molar-refractivity contribution in [2.75, 3.05) is 38.8 Å². The number of nitrogen functional groups attached to an aromatic ring is 2. The van der Waals surface area contributed by atoms with Crippen molar-refractivity contribution in [2.45, 2.75) is 26.2 Å². The maximum Gasteiger partial charge on any atom is 0.221 e. The van der Waals surface area contributed by atoms with Gasteiger partial charge in [-0.1, -0.05) is 66.5 Å². The SMILES string of the molecule is C=C(CC)c1cc2c(-c3c(Cl)cc(Cl)c4c3CCO4)nc(N)nc2s1.C=C(c1cc2c(-c3c(Cl)cc(Cl)c4c3CCO4)nc(N)nc2s1)N(C)OC. The van der Waals surface area contributed by atoms with Crippen LogP contribution in [0.3, 0.4) is 0 Å². The Morgan fingerprint density at radius 1 is 0.769 bits per heavy atom. The fourth-order valence-electron chi connectivity index (χ4n) is 6.13. The van der Waals surface area contributed by atoms with Crippen LogP contribution in [0.4, 0.5) is 11.9 Å². The lowest BCUT2D eigenvalue weighted by molar-refractivity contribution is -0.0521. The second-order valence-electron chi connectivity index (χ2n) is 11.8. The minimum absolute atomic E-state index is 0.176. The topological polar surface area (TPSA) is 135 Å². The van der Waals surface area contributed by atoms with Crippen LogP contribution in [0.5, 0.6) is 11.5 Å². The minimum atomic E-state index is 0.176. The van der Waals surface area contributed by atoms with Gasteiger partial charge in [0.05, 0.1) is 62.4 Å². The van der Waals surface area contributed by atoms with E-state index in [-0.39, 0.29) is 11.9 Å². The molecule has 0 unspecified atom stereocenters. The second-order valence-corrected chi connectivity index (χ2v) is 15.5. The van der Waals surface area contributed by atoms with Crippen molar-refractivity contribution in [3.8, 4) is 34.0 Å². The number of fused-ring (bicyclic) bond motifs is 4. The third-order valence-electron chi connectivity index (χ3n) is 8.77. The third kappa shape index (κ3) is 6.51. The summed E-state index contributed by atoms with van der Waals surface area (Å²) in [5.74, 6) is 1.73. The van der Waals surface area contributed by atoms with Gasteiger partial charge >= 0.3 is 0 Å². The molecule has 268 valence electrons. The first kappa shape index (κ1) is 36.5. The lowest BCUT2D eigenvalue weighted by Crippen LogP contribution is -2.12. The van der Waals surface area contributed by atoms with Crippen LogP contribution < -0.4 is 20.9 Å². The monoisotopic (exact) mass is 813 g/mol. The van der Waals surface area contributed by atoms with E-state index in [1.54, 1.807) is 42.7 Å². The van der Waals surface area contributed by atoms with E-state index in [1.807, 2.05) is 6.07 Å². The Hall–Kier alpha value is -3.88. The van der Waals surface area contributed by atoms with Gasteiger partial charge in [-0.05, 0) is 36.3 Å². The van der Waals surface area contributed by atoms with Crippen LogP contribution >= 0.6 is 69.1 Å². The lowest BCUT2D eigenvalue weighted by atomic mass is 10.00. The Labute approximate surface area is 327 Å². The highest BCUT2D eigenvalue weighted by molar-refractivity contribution is 7.20. The van der Waals surface area contributed by atoms with Gasteiger partial charge in [-0.25, -0.2) is 19.9 Å². The molecule has 0 saturated heterocycles. The molecule has 8 rings (SSSR count). The number of allylic oxidation sites excluding steroid dienone is 1. The number of halogens is 4. The summed E-state index contributed by atoms with van der Waals surface area (Å²) in [4.78, 5) is 26.5. The molecule has 4 aromatic heterocycles. The number of aromatic nitrogens is 4. The maximum atomic E-state index is 6.56. The Morgan fingerprint density at radius 3 is 1.69 bits per heavy atom. The first-order valence-corrected chi connectivity index (χ1v) is 19.1. The molecule has 0 radical (unpaired) electrons. The molecular weight excluding hydrogens is 784 g/mol. The van der Waals surface area contributed by atoms with Gasteiger partial charge in [0.2, 0.25) is 11.9 Å². The number of thiophene rings is 2. The highest BCUT2D eigenvalue weighted by Crippen LogP contribution is 2.48. The van der Waals surface area contributed by atoms with Crippen molar-refractivity contribution >= 4 is 113 Å². The first-order chi connectivity index (χ1) is 24.9. The zero-order valence-corrected chi connectivity index (χ0v) is 32.9. The maximum absolute atomic E-state index is 6.56. The molecule has 2 aliphatic heterocycles. The van der Waals surface area contributed by atoms with Gasteiger partial charge in [-0.2, -0.15) is 0 Å². The molecular formula is C36H31Cl4N7O3S2. The Morgan fingerprint density at radius 2 is 1.23 bits per heavy atom. The molecule has 0 amide bonds. The molecule has 6 aromatic rings. The summed E-state index contributed by atoms with van der Waals surface area (Å²) >= 11 is 28.7. The molecule has 2 aromatic carbocycles. The quantitative estimate of drug-likeness (QED) is 0.150. The minimum Gasteiger partial charge on any atom is -0.491 e. The third-order valence-corrected chi connectivity index (χ3v) is 12.1. The predicted molar refractivity (Wildman–Crippen MR) is 216 cm³/mol. The van der Waals surface area contributed by atoms with E-state index in [0.29, 0.717) is 62.6 Å². The van der Waals surface area contributed by atoms with Gasteiger partial charge < -0.3 is 20.9 Å². The van der Waals surface area contributed by atoms with E-state index < -0.39 is 0 Å². The fraction of sp³-hybridized carbons (Fsp3) is 0.222. The summed E-state index contributed by atoms with van der Waals surface area (Å²) in [5.41, 5.74) is 18.6. The molecule has 2 aliphatic rings. The van der Waals surface area contributed by atoms with E-state index in [1.165, 1.54) is 11.3 Å². The van der Waals surface area contributed by atoms with Crippen molar-refractivity contribution in [1.82, 2.24) is 25.0 Å². The van der Waals surface area contributed by atoms with Crippen molar-refractivity contribution in [1.29, 1.82) is 0 Å². The van der Waals surface area contributed by atoms with Gasteiger partial charge in [0, 0.05) is 57.8 Å². The van der Waals surface area contributed by atoms with Crippen LogP contribution in [0.1, 0.15) is 34.2 Å². The van der Waals surface area contributed by atoms with Crippen molar-refractivity contribution in [3.05, 3.63) is 78.4 Å². The van der Waals surface area contributed by atoms with E-state index in [4.69, 9.17) is 72.2 Å². The number of hydrogen-bond donors (Lipinski definition) is 2. The van der Waals surface area contributed by atoms with Gasteiger partial charge in [0.25, 0.3) is 0 Å². The number of ether oxygens (including phenoxy) is 2. The summed E-state index contributed by atoms with van der Waals surface area (Å²) in [6.07, 6.45) is 2.30. The number of nitrogens with two attached hydrogens (primary N) is 2. The van der Waals surface area contributed by atoms with E-state index in [0.717, 1.165) is 76.6 Å². The summed E-state index contributed by atoms with van der Waals surface area (Å²) in [5, 5.41) is 5.40. The van der Waals surface area contributed by atoms with E-state index >= 15 is 0 Å². The van der Waals surface area contributed by atoms with Gasteiger partial charge in [0.15, 0.2) is 0 Å². The molecule has 52 heavy (non-hydrogen) atoms. The smallest absolute Gasteiger partial charge is 0.221 e. The Kier molecular flexibility index (Phi) is 10.2. The average molecular weight is 816 g/mol. The average Bonchev–Trinajstić information content (AvgIpc) is 3.93. The normalized spacial score (nSPS) is 13.0. The predicted octanol–water partition coefficient (Wildman–Crippen LogP) is 10.3. The zero-order valence-electron chi connectivity index (χ0n) is 28.2. The van der Waals surface area contributed by atoms with Crippen LogP contribution in [0.25, 0.3) is 54.2 Å². The molecule has 0 fully saturated rings. The van der Waals surface area contributed by atoms with E-state index in [9.17, 15) is 0 Å². The highest BCUT2D eigenvalue weighted by Gasteiger charge is 2.28. The molecule has 10 nitrogen and oxygen atoms in total. The summed E-state index contributed by atoms with van der Waals surface area (Å²) in [7, 11) is 3.37. The number of hydrogen-bond acceptors (Lipinski definition) is 12. The molecule has 6 heterocycles. The number of benzene rings is 2.